The first-order chi connectivity index (χ1) is 8.63. The molecule has 1 aliphatic rings. The van der Waals surface area contributed by atoms with Crippen LogP contribution in [-0.2, 0) is 5.41 Å². The van der Waals surface area contributed by atoms with Gasteiger partial charge in [-0.15, -0.1) is 11.6 Å². The van der Waals surface area contributed by atoms with Crippen LogP contribution in [0.25, 0.3) is 0 Å². The topological polar surface area (TPSA) is 9.23 Å². The van der Waals surface area contributed by atoms with E-state index < -0.39 is 0 Å². The third-order valence-corrected chi connectivity index (χ3v) is 4.79. The van der Waals surface area contributed by atoms with E-state index in [-0.39, 0.29) is 5.41 Å². The Hall–Kier alpha value is -0.690. The molecule has 0 radical (unpaired) electrons. The van der Waals surface area contributed by atoms with Gasteiger partial charge in [0.2, 0.25) is 0 Å². The number of hydrogen-bond donors (Lipinski definition) is 0. The molecule has 2 heteroatoms. The van der Waals surface area contributed by atoms with Crippen molar-refractivity contribution in [1.82, 2.24) is 0 Å². The summed E-state index contributed by atoms with van der Waals surface area (Å²) in [5, 5.41) is 0. The maximum Gasteiger partial charge on any atom is 0.122 e. The highest BCUT2D eigenvalue weighted by atomic mass is 35.5. The third kappa shape index (κ3) is 2.38. The van der Waals surface area contributed by atoms with Crippen LogP contribution in [0.3, 0.4) is 0 Å². The zero-order valence-corrected chi connectivity index (χ0v) is 12.4. The van der Waals surface area contributed by atoms with Crippen LogP contribution in [-0.4, -0.2) is 13.0 Å². The Morgan fingerprint density at radius 1 is 1.28 bits per heavy atom. The van der Waals surface area contributed by atoms with E-state index >= 15 is 0 Å². The highest BCUT2D eigenvalue weighted by Gasteiger charge is 2.37. The maximum atomic E-state index is 6.30. The fourth-order valence-corrected chi connectivity index (χ4v) is 3.44. The summed E-state index contributed by atoms with van der Waals surface area (Å²) < 4.78 is 5.56. The predicted octanol–water partition coefficient (Wildman–Crippen LogP) is 4.87. The Bertz CT molecular complexity index is 406. The number of rotatable bonds is 4. The lowest BCUT2D eigenvalue weighted by molar-refractivity contribution is 0.387. The van der Waals surface area contributed by atoms with Crippen molar-refractivity contribution >= 4 is 11.6 Å². The molecule has 0 aliphatic heterocycles. The normalized spacial score (nSPS) is 18.3. The molecule has 18 heavy (non-hydrogen) atoms. The molecule has 1 aromatic rings. The Kier molecular flexibility index (Phi) is 4.21. The summed E-state index contributed by atoms with van der Waals surface area (Å²) >= 11 is 6.30. The van der Waals surface area contributed by atoms with E-state index in [9.17, 15) is 0 Å². The van der Waals surface area contributed by atoms with Crippen molar-refractivity contribution in [2.45, 2.75) is 50.9 Å². The lowest BCUT2D eigenvalue weighted by Gasteiger charge is -2.29. The van der Waals surface area contributed by atoms with Crippen molar-refractivity contribution in [1.29, 1.82) is 0 Å². The molecular formula is C16H23ClO. The number of benzene rings is 1. The van der Waals surface area contributed by atoms with Crippen LogP contribution < -0.4 is 4.74 Å². The van der Waals surface area contributed by atoms with Gasteiger partial charge in [0.1, 0.15) is 5.75 Å². The first kappa shape index (κ1) is 13.7. The van der Waals surface area contributed by atoms with Crippen LogP contribution in [0.5, 0.6) is 5.75 Å². The molecule has 1 aromatic carbocycles. The summed E-state index contributed by atoms with van der Waals surface area (Å²) in [6, 6.07) is 6.60. The highest BCUT2D eigenvalue weighted by Crippen LogP contribution is 2.46. The number of hydrogen-bond acceptors (Lipinski definition) is 1. The number of halogens is 1. The van der Waals surface area contributed by atoms with Gasteiger partial charge in [-0.1, -0.05) is 38.8 Å². The van der Waals surface area contributed by atoms with Gasteiger partial charge in [-0.3, -0.25) is 0 Å². The molecule has 1 aliphatic carbocycles. The molecule has 1 saturated carbocycles. The molecular weight excluding hydrogens is 244 g/mol. The Morgan fingerprint density at radius 2 is 1.94 bits per heavy atom. The third-order valence-electron chi connectivity index (χ3n) is 4.28. The van der Waals surface area contributed by atoms with Crippen molar-refractivity contribution in [2.24, 2.45) is 0 Å². The standard InChI is InChI=1S/C16H23ClO/c1-12(2)13-6-7-15(18-3)14(10-13)16(11-17)8-4-5-9-16/h6-7,10,12H,4-5,8-9,11H2,1-3H3. The second-order valence-electron chi connectivity index (χ2n) is 5.74. The first-order valence-electron chi connectivity index (χ1n) is 6.87. The number of alkyl halides is 1. The van der Waals surface area contributed by atoms with Crippen LogP contribution in [0.4, 0.5) is 0 Å². The predicted molar refractivity (Wildman–Crippen MR) is 77.9 cm³/mol. The second-order valence-corrected chi connectivity index (χ2v) is 6.00. The molecule has 0 heterocycles. The molecule has 0 N–H and O–H groups in total. The quantitative estimate of drug-likeness (QED) is 0.707. The number of ether oxygens (including phenoxy) is 1. The Balaban J connectivity index is 2.48. The molecule has 0 amide bonds. The summed E-state index contributed by atoms with van der Waals surface area (Å²) in [5.41, 5.74) is 2.84. The van der Waals surface area contributed by atoms with Crippen LogP contribution in [0, 0.1) is 0 Å². The maximum absolute atomic E-state index is 6.30. The highest BCUT2D eigenvalue weighted by molar-refractivity contribution is 6.18. The summed E-state index contributed by atoms with van der Waals surface area (Å²) in [5.74, 6) is 2.25. The molecule has 2 rings (SSSR count). The van der Waals surface area contributed by atoms with Crippen LogP contribution in [0.15, 0.2) is 18.2 Å². The van der Waals surface area contributed by atoms with E-state index in [1.54, 1.807) is 7.11 Å². The molecule has 100 valence electrons. The van der Waals surface area contributed by atoms with Gasteiger partial charge in [0, 0.05) is 16.9 Å². The second kappa shape index (κ2) is 5.52. The molecule has 0 atom stereocenters. The van der Waals surface area contributed by atoms with E-state index in [2.05, 4.69) is 32.0 Å². The SMILES string of the molecule is COc1ccc(C(C)C)cc1C1(CCl)CCCC1. The molecule has 0 saturated heterocycles. The largest absolute Gasteiger partial charge is 0.496 e. The van der Waals surface area contributed by atoms with Gasteiger partial charge >= 0.3 is 0 Å². The van der Waals surface area contributed by atoms with Gasteiger partial charge in [-0.2, -0.15) is 0 Å². The minimum absolute atomic E-state index is 0.137. The zero-order chi connectivity index (χ0) is 13.2. The van der Waals surface area contributed by atoms with Gasteiger partial charge in [0.15, 0.2) is 0 Å². The summed E-state index contributed by atoms with van der Waals surface area (Å²) in [6.45, 7) is 4.46. The fourth-order valence-electron chi connectivity index (χ4n) is 3.03. The van der Waals surface area contributed by atoms with Gasteiger partial charge in [-0.25, -0.2) is 0 Å². The molecule has 0 unspecified atom stereocenters. The monoisotopic (exact) mass is 266 g/mol. The molecule has 0 spiro atoms. The lowest BCUT2D eigenvalue weighted by Crippen LogP contribution is -2.25. The zero-order valence-electron chi connectivity index (χ0n) is 11.6. The smallest absolute Gasteiger partial charge is 0.122 e. The van der Waals surface area contributed by atoms with Crippen molar-refractivity contribution in [3.63, 3.8) is 0 Å². The van der Waals surface area contributed by atoms with E-state index in [1.165, 1.54) is 36.8 Å². The fraction of sp³-hybridized carbons (Fsp3) is 0.625. The van der Waals surface area contributed by atoms with Gasteiger partial charge < -0.3 is 4.74 Å². The van der Waals surface area contributed by atoms with Crippen molar-refractivity contribution in [3.8, 4) is 5.75 Å². The van der Waals surface area contributed by atoms with Crippen molar-refractivity contribution in [3.05, 3.63) is 29.3 Å². The molecule has 1 nitrogen and oxygen atoms in total. The van der Waals surface area contributed by atoms with Crippen LogP contribution in [0.2, 0.25) is 0 Å². The molecule has 0 bridgehead atoms. The minimum Gasteiger partial charge on any atom is -0.496 e. The van der Waals surface area contributed by atoms with Crippen molar-refractivity contribution < 1.29 is 4.74 Å². The lowest BCUT2D eigenvalue weighted by atomic mass is 9.79. The van der Waals surface area contributed by atoms with Gasteiger partial charge in [0.05, 0.1) is 7.11 Å². The minimum atomic E-state index is 0.137. The number of methoxy groups -OCH3 is 1. The van der Waals surface area contributed by atoms with E-state index in [1.807, 2.05) is 0 Å². The molecule has 1 fully saturated rings. The first-order valence-corrected chi connectivity index (χ1v) is 7.41. The van der Waals surface area contributed by atoms with Crippen LogP contribution in [0.1, 0.15) is 56.6 Å². The van der Waals surface area contributed by atoms with E-state index in [4.69, 9.17) is 16.3 Å². The Morgan fingerprint density at radius 3 is 2.44 bits per heavy atom. The average Bonchev–Trinajstić information content (AvgIpc) is 2.87. The Labute approximate surface area is 115 Å². The summed E-state index contributed by atoms with van der Waals surface area (Å²) in [6.07, 6.45) is 4.94. The summed E-state index contributed by atoms with van der Waals surface area (Å²) in [4.78, 5) is 0. The van der Waals surface area contributed by atoms with E-state index in [0.29, 0.717) is 11.8 Å². The van der Waals surface area contributed by atoms with Gasteiger partial charge in [-0.05, 0) is 30.4 Å². The van der Waals surface area contributed by atoms with Crippen molar-refractivity contribution in [2.75, 3.05) is 13.0 Å². The van der Waals surface area contributed by atoms with Crippen LogP contribution >= 0.6 is 11.6 Å². The van der Waals surface area contributed by atoms with Gasteiger partial charge in [0.25, 0.3) is 0 Å². The summed E-state index contributed by atoms with van der Waals surface area (Å²) in [7, 11) is 1.75. The van der Waals surface area contributed by atoms with E-state index in [0.717, 1.165) is 5.75 Å². The average molecular weight is 267 g/mol. The molecule has 0 aromatic heterocycles.